The highest BCUT2D eigenvalue weighted by Gasteiger charge is 2.18. The Hall–Kier alpha value is -2.33. The molecular formula is C18H19N3S. The lowest BCUT2D eigenvalue weighted by molar-refractivity contribution is 0.765. The van der Waals surface area contributed by atoms with Gasteiger partial charge in [-0.3, -0.25) is 0 Å². The molecule has 2 aromatic carbocycles. The summed E-state index contributed by atoms with van der Waals surface area (Å²) in [6, 6.07) is 18.9. The summed E-state index contributed by atoms with van der Waals surface area (Å²) < 4.78 is 0. The van der Waals surface area contributed by atoms with Gasteiger partial charge in [0.2, 0.25) is 0 Å². The second kappa shape index (κ2) is 6.20. The van der Waals surface area contributed by atoms with Crippen LogP contribution < -0.4 is 15.5 Å². The van der Waals surface area contributed by atoms with Gasteiger partial charge in [-0.1, -0.05) is 42.5 Å². The summed E-state index contributed by atoms with van der Waals surface area (Å²) >= 11 is 5.36. The van der Waals surface area contributed by atoms with Crippen LogP contribution in [0.25, 0.3) is 5.70 Å². The Morgan fingerprint density at radius 2 is 1.64 bits per heavy atom. The van der Waals surface area contributed by atoms with Crippen molar-refractivity contribution in [1.29, 1.82) is 0 Å². The van der Waals surface area contributed by atoms with Crippen LogP contribution >= 0.6 is 12.2 Å². The molecule has 1 unspecified atom stereocenters. The summed E-state index contributed by atoms with van der Waals surface area (Å²) in [6.45, 7) is 0. The molecule has 1 heterocycles. The third kappa shape index (κ3) is 3.12. The Kier molecular flexibility index (Phi) is 4.11. The molecule has 4 heteroatoms. The van der Waals surface area contributed by atoms with E-state index in [1.807, 2.05) is 32.3 Å². The molecule has 0 amide bonds. The van der Waals surface area contributed by atoms with E-state index < -0.39 is 0 Å². The van der Waals surface area contributed by atoms with Crippen LogP contribution in [0.3, 0.4) is 0 Å². The average Bonchev–Trinajstić information content (AvgIpc) is 2.55. The van der Waals surface area contributed by atoms with Gasteiger partial charge in [0.05, 0.1) is 6.04 Å². The van der Waals surface area contributed by atoms with E-state index in [1.54, 1.807) is 0 Å². The minimum Gasteiger partial charge on any atom is -0.378 e. The van der Waals surface area contributed by atoms with E-state index in [1.165, 1.54) is 11.3 Å². The van der Waals surface area contributed by atoms with E-state index in [4.69, 9.17) is 12.2 Å². The smallest absolute Gasteiger partial charge is 0.171 e. The molecule has 1 aliphatic rings. The largest absolute Gasteiger partial charge is 0.378 e. The number of rotatable bonds is 3. The third-order valence-electron chi connectivity index (χ3n) is 3.72. The molecule has 3 rings (SSSR count). The number of thiocarbonyl (C=S) groups is 1. The predicted octanol–water partition coefficient (Wildman–Crippen LogP) is 3.31. The molecule has 3 nitrogen and oxygen atoms in total. The van der Waals surface area contributed by atoms with Gasteiger partial charge in [0, 0.05) is 25.5 Å². The van der Waals surface area contributed by atoms with Crippen molar-refractivity contribution < 1.29 is 0 Å². The lowest BCUT2D eigenvalue weighted by atomic mass is 10.0. The van der Waals surface area contributed by atoms with Crippen LogP contribution in [-0.2, 0) is 0 Å². The SMILES string of the molecule is CN(C)c1ccc(C2C=C(c3ccccc3)NC(=S)N2)cc1. The lowest BCUT2D eigenvalue weighted by Gasteiger charge is -2.26. The van der Waals surface area contributed by atoms with Gasteiger partial charge >= 0.3 is 0 Å². The molecule has 0 bridgehead atoms. The summed E-state index contributed by atoms with van der Waals surface area (Å²) in [5.74, 6) is 0. The first-order valence-electron chi connectivity index (χ1n) is 7.25. The highest BCUT2D eigenvalue weighted by molar-refractivity contribution is 7.80. The van der Waals surface area contributed by atoms with Crippen LogP contribution in [-0.4, -0.2) is 19.2 Å². The molecule has 1 atom stereocenters. The van der Waals surface area contributed by atoms with Gasteiger partial charge in [-0.2, -0.15) is 0 Å². The number of hydrogen-bond donors (Lipinski definition) is 2. The van der Waals surface area contributed by atoms with Crippen LogP contribution in [0.15, 0.2) is 60.7 Å². The lowest BCUT2D eigenvalue weighted by Crippen LogP contribution is -2.40. The van der Waals surface area contributed by atoms with Gasteiger partial charge in [-0.25, -0.2) is 0 Å². The Morgan fingerprint density at radius 1 is 0.955 bits per heavy atom. The molecule has 0 spiro atoms. The Morgan fingerprint density at radius 3 is 2.27 bits per heavy atom. The first-order valence-corrected chi connectivity index (χ1v) is 7.66. The molecule has 0 radical (unpaired) electrons. The van der Waals surface area contributed by atoms with Crippen molar-refractivity contribution in [2.75, 3.05) is 19.0 Å². The Labute approximate surface area is 136 Å². The standard InChI is InChI=1S/C18H19N3S/c1-21(2)15-10-8-14(9-11-15)17-12-16(19-18(22)20-17)13-6-4-3-5-7-13/h3-12,17H,1-2H3,(H2,19,20,22). The number of hydrogen-bond acceptors (Lipinski definition) is 2. The third-order valence-corrected chi connectivity index (χ3v) is 3.94. The molecule has 0 saturated heterocycles. The number of nitrogens with zero attached hydrogens (tertiary/aromatic N) is 1. The minimum absolute atomic E-state index is 0.0835. The van der Waals surface area contributed by atoms with E-state index in [-0.39, 0.29) is 6.04 Å². The van der Waals surface area contributed by atoms with E-state index in [0.29, 0.717) is 5.11 Å². The van der Waals surface area contributed by atoms with Gasteiger partial charge in [0.1, 0.15) is 0 Å². The molecule has 0 aromatic heterocycles. The van der Waals surface area contributed by atoms with Gasteiger partial charge in [0.15, 0.2) is 5.11 Å². The van der Waals surface area contributed by atoms with E-state index in [2.05, 4.69) is 58.0 Å². The fraction of sp³-hybridized carbons (Fsp3) is 0.167. The van der Waals surface area contributed by atoms with Crippen molar-refractivity contribution >= 4 is 28.7 Å². The summed E-state index contributed by atoms with van der Waals surface area (Å²) in [5.41, 5.74) is 4.57. The Balaban J connectivity index is 1.91. The number of benzene rings is 2. The van der Waals surface area contributed by atoms with Crippen LogP contribution in [0.2, 0.25) is 0 Å². The molecular weight excluding hydrogens is 290 g/mol. The summed E-state index contributed by atoms with van der Waals surface area (Å²) in [4.78, 5) is 2.09. The van der Waals surface area contributed by atoms with E-state index >= 15 is 0 Å². The maximum absolute atomic E-state index is 5.36. The van der Waals surface area contributed by atoms with Gasteiger partial charge < -0.3 is 15.5 Å². The average molecular weight is 309 g/mol. The van der Waals surface area contributed by atoms with Crippen molar-refractivity contribution in [3.8, 4) is 0 Å². The molecule has 0 saturated carbocycles. The zero-order chi connectivity index (χ0) is 15.5. The van der Waals surface area contributed by atoms with Crippen molar-refractivity contribution in [2.45, 2.75) is 6.04 Å². The molecule has 2 aromatic rings. The van der Waals surface area contributed by atoms with Crippen LogP contribution in [0.1, 0.15) is 17.2 Å². The predicted molar refractivity (Wildman–Crippen MR) is 96.8 cm³/mol. The van der Waals surface area contributed by atoms with Gasteiger partial charge in [-0.05, 0) is 41.6 Å². The maximum Gasteiger partial charge on any atom is 0.171 e. The minimum atomic E-state index is 0.0835. The molecule has 2 N–H and O–H groups in total. The van der Waals surface area contributed by atoms with Crippen LogP contribution in [0.5, 0.6) is 0 Å². The molecule has 0 fully saturated rings. The van der Waals surface area contributed by atoms with Crippen LogP contribution in [0.4, 0.5) is 5.69 Å². The quantitative estimate of drug-likeness (QED) is 0.851. The van der Waals surface area contributed by atoms with Crippen molar-refractivity contribution in [2.24, 2.45) is 0 Å². The fourth-order valence-corrected chi connectivity index (χ4v) is 2.73. The van der Waals surface area contributed by atoms with Gasteiger partial charge in [0.25, 0.3) is 0 Å². The molecule has 112 valence electrons. The molecule has 0 aliphatic carbocycles. The molecule has 22 heavy (non-hydrogen) atoms. The second-order valence-corrected chi connectivity index (χ2v) is 5.92. The van der Waals surface area contributed by atoms with Crippen LogP contribution in [0, 0.1) is 0 Å². The van der Waals surface area contributed by atoms with E-state index in [9.17, 15) is 0 Å². The first-order chi connectivity index (χ1) is 10.6. The molecule has 1 aliphatic heterocycles. The Bertz CT molecular complexity index is 690. The summed E-state index contributed by atoms with van der Waals surface area (Å²) in [5, 5.41) is 7.20. The van der Waals surface area contributed by atoms with Gasteiger partial charge in [-0.15, -0.1) is 0 Å². The van der Waals surface area contributed by atoms with Crippen molar-refractivity contribution in [3.05, 3.63) is 71.8 Å². The number of nitrogens with one attached hydrogen (secondary N) is 2. The summed E-state index contributed by atoms with van der Waals surface area (Å²) in [7, 11) is 4.08. The topological polar surface area (TPSA) is 27.3 Å². The van der Waals surface area contributed by atoms with E-state index in [0.717, 1.165) is 11.3 Å². The van der Waals surface area contributed by atoms with Crippen molar-refractivity contribution in [1.82, 2.24) is 10.6 Å². The monoisotopic (exact) mass is 309 g/mol. The number of anilines is 1. The second-order valence-electron chi connectivity index (χ2n) is 5.51. The van der Waals surface area contributed by atoms with Crippen molar-refractivity contribution in [3.63, 3.8) is 0 Å². The zero-order valence-electron chi connectivity index (χ0n) is 12.7. The highest BCUT2D eigenvalue weighted by Crippen LogP contribution is 2.24. The fourth-order valence-electron chi connectivity index (χ4n) is 2.50. The summed E-state index contributed by atoms with van der Waals surface area (Å²) in [6.07, 6.45) is 2.18. The zero-order valence-corrected chi connectivity index (χ0v) is 13.5. The highest BCUT2D eigenvalue weighted by atomic mass is 32.1. The first kappa shape index (κ1) is 14.6. The normalized spacial score (nSPS) is 17.3. The maximum atomic E-state index is 5.36.